The molecule has 1 aliphatic heterocycles. The average Bonchev–Trinajstić information content (AvgIpc) is 1.49. The van der Waals surface area contributed by atoms with E-state index in [1.54, 1.807) is 0 Å². The van der Waals surface area contributed by atoms with Crippen LogP contribution in [-0.2, 0) is 18.3 Å². The first kappa shape index (κ1) is 45.9. The number of hydrogen-bond donors (Lipinski definition) is 0. The first-order valence-corrected chi connectivity index (χ1v) is 31.9. The molecule has 10 aliphatic carbocycles. The number of nitriles is 1. The summed E-state index contributed by atoms with van der Waals surface area (Å²) in [5, 5.41) is 20.8. The van der Waals surface area contributed by atoms with Crippen LogP contribution in [0.15, 0.2) is 97.1 Å². The SMILES string of the molecule is [C-]#[N+]c1cc2c(c3c1C1CC4CC(C1)CC3C4)c1cc3c(c4c5ccc6c(c5n2c14)CC(C)(C)C6=O)C1(c2ccccc2Oc2ccccc21)c1c-3cc2c3c4c(c5c(c3n3c6cc(C#N)ccc6c1c23)CC(C)(C)C5=O)C1CC2CC(C1)C4C2. The van der Waals surface area contributed by atoms with Crippen LogP contribution in [0, 0.1) is 52.4 Å². The Balaban J connectivity index is 1.01. The van der Waals surface area contributed by atoms with Crippen molar-refractivity contribution >= 4 is 93.4 Å². The maximum Gasteiger partial charge on any atom is 0.193 e. The van der Waals surface area contributed by atoms with Gasteiger partial charge >= 0.3 is 0 Å². The largest absolute Gasteiger partial charge is 0.457 e. The third-order valence-electron chi connectivity index (χ3n) is 25.1. The molecule has 0 radical (unpaired) electrons. The molecule has 4 aromatic heterocycles. The lowest BCUT2D eigenvalue weighted by Crippen LogP contribution is -2.32. The lowest BCUT2D eigenvalue weighted by atomic mass is 9.64. The summed E-state index contributed by atoms with van der Waals surface area (Å²) >= 11 is 0. The van der Waals surface area contributed by atoms with Crippen LogP contribution in [0.2, 0.25) is 0 Å². The number of carbonyl (C=O) groups excluding carboxylic acids is 2. The number of ether oxygens (including phenoxy) is 1. The molecule has 408 valence electrons. The van der Waals surface area contributed by atoms with Gasteiger partial charge in [0.1, 0.15) is 11.5 Å². The number of Topliss-reactive ketones (excluding diaryl/α,β-unsaturated/α-hetero) is 2. The molecular formula is C78H58N4O3. The molecule has 1 spiro atoms. The number of ketones is 2. The second kappa shape index (κ2) is 14.2. The minimum atomic E-state index is -0.940. The van der Waals surface area contributed by atoms with Gasteiger partial charge in [0.15, 0.2) is 17.3 Å². The Bertz CT molecular complexity index is 5410. The van der Waals surface area contributed by atoms with Crippen molar-refractivity contribution in [2.24, 2.45) is 34.5 Å². The quantitative estimate of drug-likeness (QED) is 0.142. The number of benzene rings is 8. The van der Waals surface area contributed by atoms with Gasteiger partial charge in [-0.2, -0.15) is 5.26 Å². The van der Waals surface area contributed by atoms with Crippen molar-refractivity contribution in [1.82, 2.24) is 8.80 Å². The fraction of sp³-hybridized carbons (Fsp3) is 0.333. The van der Waals surface area contributed by atoms with E-state index in [9.17, 15) is 10.1 Å². The molecule has 11 aliphatic rings. The molecule has 8 aromatic carbocycles. The van der Waals surface area contributed by atoms with Crippen molar-refractivity contribution in [3.8, 4) is 28.7 Å². The van der Waals surface area contributed by atoms with E-state index < -0.39 is 16.2 Å². The molecule has 6 unspecified atom stereocenters. The van der Waals surface area contributed by atoms with Crippen molar-refractivity contribution in [2.75, 3.05) is 0 Å². The van der Waals surface area contributed by atoms with Crippen molar-refractivity contribution in [3.63, 3.8) is 0 Å². The Morgan fingerprint density at radius 2 is 1.15 bits per heavy atom. The van der Waals surface area contributed by atoms with E-state index in [-0.39, 0.29) is 5.78 Å². The smallest absolute Gasteiger partial charge is 0.193 e. The summed E-state index contributed by atoms with van der Waals surface area (Å²) in [6.45, 7) is 17.7. The van der Waals surface area contributed by atoms with Crippen molar-refractivity contribution in [3.05, 3.63) is 181 Å². The van der Waals surface area contributed by atoms with Crippen LogP contribution in [0.4, 0.5) is 5.69 Å². The highest BCUT2D eigenvalue weighted by molar-refractivity contribution is 6.33. The topological polar surface area (TPSA) is 80.3 Å². The van der Waals surface area contributed by atoms with Gasteiger partial charge in [0, 0.05) is 81.7 Å². The van der Waals surface area contributed by atoms with E-state index in [4.69, 9.17) is 11.3 Å². The zero-order chi connectivity index (χ0) is 56.1. The number of fused-ring (bicyclic) bond motifs is 34. The van der Waals surface area contributed by atoms with Crippen molar-refractivity contribution in [1.29, 1.82) is 5.26 Å². The zero-order valence-corrected chi connectivity index (χ0v) is 48.1. The molecule has 0 N–H and O–H groups in total. The van der Waals surface area contributed by atoms with Crippen LogP contribution in [-0.4, -0.2) is 20.4 Å². The maximum absolute atomic E-state index is 15.4. The molecule has 4 fully saturated rings. The number of rotatable bonds is 0. The Labute approximate surface area is 490 Å². The molecule has 23 rings (SSSR count). The molecule has 7 bridgehead atoms. The summed E-state index contributed by atoms with van der Waals surface area (Å²) in [5.74, 6) is 6.30. The van der Waals surface area contributed by atoms with Gasteiger partial charge in [-0.05, 0) is 216 Å². The molecule has 85 heavy (non-hydrogen) atoms. The predicted molar refractivity (Wildman–Crippen MR) is 334 cm³/mol. The van der Waals surface area contributed by atoms with Crippen molar-refractivity contribution in [2.45, 2.75) is 127 Å². The Morgan fingerprint density at radius 3 is 1.86 bits per heavy atom. The number of aromatic nitrogens is 2. The zero-order valence-electron chi connectivity index (χ0n) is 48.1. The lowest BCUT2D eigenvalue weighted by molar-refractivity contribution is 0.0856. The van der Waals surface area contributed by atoms with Gasteiger partial charge in [-0.15, -0.1) is 0 Å². The molecule has 7 heteroatoms. The van der Waals surface area contributed by atoms with E-state index >= 15 is 4.79 Å². The summed E-state index contributed by atoms with van der Waals surface area (Å²) in [4.78, 5) is 34.7. The standard InChI is InChI=1S/C78H58N4O3/c1-76(2)31-50-42(74(76)83)16-17-44-67-69-46(28-48-62-56(82(70(44)50)71(48)67)30-54(80-5)59-39-20-35-18-36(21-39)23-40(22-35)60(59)62)47-29-49-64-63-45-25-37-19-38(45)27-41(24-37)61(63)65-51(32-77(3,4)75(65)84)73(64)81-55-26-34(33-79)14-15-43(55)66(72(49)81)68(47)78(69)52-10-6-8-12-57(52)85-58-13-9-7-11-53(58)78/h6-17,26,28-30,35-41,45H,18-25,27,31-32H2,1-4H3. The van der Waals surface area contributed by atoms with Crippen molar-refractivity contribution < 1.29 is 14.3 Å². The van der Waals surface area contributed by atoms with E-state index in [2.05, 4.69) is 138 Å². The summed E-state index contributed by atoms with van der Waals surface area (Å²) in [6, 6.07) is 38.6. The second-order valence-electron chi connectivity index (χ2n) is 30.1. The summed E-state index contributed by atoms with van der Waals surface area (Å²) < 4.78 is 12.4. The van der Waals surface area contributed by atoms with Gasteiger partial charge < -0.3 is 13.5 Å². The predicted octanol–water partition coefficient (Wildman–Crippen LogP) is 18.8. The van der Waals surface area contributed by atoms with E-state index in [0.29, 0.717) is 71.5 Å². The molecule has 0 saturated heterocycles. The van der Waals surface area contributed by atoms with E-state index in [1.165, 1.54) is 157 Å². The van der Waals surface area contributed by atoms with Gasteiger partial charge in [-0.25, -0.2) is 4.85 Å². The minimum absolute atomic E-state index is 0.196. The fourth-order valence-electron chi connectivity index (χ4n) is 22.7. The first-order chi connectivity index (χ1) is 41.3. The highest BCUT2D eigenvalue weighted by Gasteiger charge is 2.58. The normalized spacial score (nSPS) is 26.7. The van der Waals surface area contributed by atoms with Crippen LogP contribution in [0.25, 0.3) is 92.2 Å². The number of para-hydroxylation sites is 2. The summed E-state index contributed by atoms with van der Waals surface area (Å²) in [6.07, 6.45) is 12.1. The fourth-order valence-corrected chi connectivity index (χ4v) is 22.7. The highest BCUT2D eigenvalue weighted by atomic mass is 16.5. The van der Waals surface area contributed by atoms with Crippen LogP contribution < -0.4 is 4.74 Å². The second-order valence-corrected chi connectivity index (χ2v) is 30.1. The van der Waals surface area contributed by atoms with Crippen LogP contribution >= 0.6 is 0 Å². The molecule has 7 nitrogen and oxygen atoms in total. The van der Waals surface area contributed by atoms with E-state index in [1.807, 2.05) is 6.07 Å². The summed E-state index contributed by atoms with van der Waals surface area (Å²) in [7, 11) is 0. The van der Waals surface area contributed by atoms with Gasteiger partial charge in [0.2, 0.25) is 0 Å². The maximum atomic E-state index is 15.4. The lowest BCUT2D eigenvalue weighted by Gasteiger charge is -2.40. The van der Waals surface area contributed by atoms with Gasteiger partial charge in [0.25, 0.3) is 0 Å². The molecule has 6 atom stereocenters. The monoisotopic (exact) mass is 1100 g/mol. The number of nitrogens with zero attached hydrogens (tertiary/aromatic N) is 4. The third-order valence-corrected chi connectivity index (χ3v) is 25.1. The Morgan fingerprint density at radius 1 is 0.541 bits per heavy atom. The van der Waals surface area contributed by atoms with Crippen LogP contribution in [0.1, 0.15) is 191 Å². The van der Waals surface area contributed by atoms with Gasteiger partial charge in [-0.1, -0.05) is 82.3 Å². The minimum Gasteiger partial charge on any atom is -0.457 e. The van der Waals surface area contributed by atoms with Crippen LogP contribution in [0.3, 0.4) is 0 Å². The van der Waals surface area contributed by atoms with Gasteiger partial charge in [-0.3, -0.25) is 9.59 Å². The summed E-state index contributed by atoms with van der Waals surface area (Å²) in [5.41, 5.74) is 23.1. The van der Waals surface area contributed by atoms with Crippen LogP contribution in [0.5, 0.6) is 11.5 Å². The Kier molecular flexibility index (Phi) is 7.68. The number of hydrogen-bond acceptors (Lipinski definition) is 4. The first-order valence-electron chi connectivity index (χ1n) is 31.9. The molecule has 4 saturated carbocycles. The van der Waals surface area contributed by atoms with Gasteiger partial charge in [0.05, 0.1) is 51.2 Å². The third kappa shape index (κ3) is 4.86. The highest BCUT2D eigenvalue weighted by Crippen LogP contribution is 2.71. The molecule has 0 amide bonds. The molecular weight excluding hydrogens is 1040 g/mol. The van der Waals surface area contributed by atoms with E-state index in [0.717, 1.165) is 72.3 Å². The number of carbonyl (C=O) groups is 2. The molecule has 5 heterocycles. The Hall–Kier alpha value is -8.52. The average molecular weight is 1100 g/mol. The molecule has 12 aromatic rings.